The predicted molar refractivity (Wildman–Crippen MR) is 90.1 cm³/mol. The minimum absolute atomic E-state index is 0.216. The molecule has 0 saturated carbocycles. The van der Waals surface area contributed by atoms with Crippen molar-refractivity contribution in [2.24, 2.45) is 0 Å². The Balaban J connectivity index is 1.50. The number of benzene rings is 2. The van der Waals surface area contributed by atoms with Crippen molar-refractivity contribution < 1.29 is 9.53 Å². The van der Waals surface area contributed by atoms with Gasteiger partial charge in [-0.05, 0) is 11.1 Å². The number of hydrogen-bond donors (Lipinski definition) is 0. The summed E-state index contributed by atoms with van der Waals surface area (Å²) in [7, 11) is 0. The highest BCUT2D eigenvalue weighted by atomic mass is 16.5. The highest BCUT2D eigenvalue weighted by molar-refractivity contribution is 5.69. The van der Waals surface area contributed by atoms with Crippen molar-refractivity contribution in [2.45, 2.75) is 26.0 Å². The number of ether oxygens (including phenoxy) is 1. The Bertz CT molecular complexity index is 770. The molecule has 0 unspecified atom stereocenters. The highest BCUT2D eigenvalue weighted by Crippen LogP contribution is 2.08. The maximum absolute atomic E-state index is 11.9. The van der Waals surface area contributed by atoms with Gasteiger partial charge in [0.15, 0.2) is 0 Å². The van der Waals surface area contributed by atoms with Gasteiger partial charge in [0.1, 0.15) is 6.61 Å². The molecule has 122 valence electrons. The number of carbonyl (C=O) groups excluding carboxylic acids is 1. The van der Waals surface area contributed by atoms with Crippen molar-refractivity contribution in [3.63, 3.8) is 0 Å². The molecule has 0 atom stereocenters. The lowest BCUT2D eigenvalue weighted by atomic mass is 10.2. The maximum Gasteiger partial charge on any atom is 0.306 e. The second-order valence-corrected chi connectivity index (χ2v) is 5.51. The van der Waals surface area contributed by atoms with Crippen LogP contribution in [0.3, 0.4) is 0 Å². The lowest BCUT2D eigenvalue weighted by Gasteiger charge is -2.07. The van der Waals surface area contributed by atoms with Crippen LogP contribution in [0.25, 0.3) is 0 Å². The highest BCUT2D eigenvalue weighted by Gasteiger charge is 2.09. The van der Waals surface area contributed by atoms with Gasteiger partial charge in [0.25, 0.3) is 0 Å². The lowest BCUT2D eigenvalue weighted by molar-refractivity contribution is -0.144. The Labute approximate surface area is 140 Å². The van der Waals surface area contributed by atoms with Crippen LogP contribution < -0.4 is 0 Å². The standard InChI is InChI=1S/C19H19N3O2/c23-19(24-15-17-9-5-2-6-10-17)12-11-18-13-20-21-22(18)14-16-7-3-1-4-8-16/h1-10,13H,11-12,14-15H2. The largest absolute Gasteiger partial charge is 0.461 e. The lowest BCUT2D eigenvalue weighted by Crippen LogP contribution is -2.10. The minimum Gasteiger partial charge on any atom is -0.461 e. The molecule has 24 heavy (non-hydrogen) atoms. The quantitative estimate of drug-likeness (QED) is 0.628. The van der Waals surface area contributed by atoms with E-state index in [1.165, 1.54) is 0 Å². The molecule has 0 radical (unpaired) electrons. The van der Waals surface area contributed by atoms with Gasteiger partial charge < -0.3 is 4.74 Å². The molecule has 0 aliphatic carbocycles. The summed E-state index contributed by atoms with van der Waals surface area (Å²) in [6.07, 6.45) is 2.58. The first-order valence-corrected chi connectivity index (χ1v) is 7.92. The summed E-state index contributed by atoms with van der Waals surface area (Å²) in [4.78, 5) is 11.9. The minimum atomic E-state index is -0.216. The molecule has 0 saturated heterocycles. The summed E-state index contributed by atoms with van der Waals surface area (Å²) < 4.78 is 7.11. The summed E-state index contributed by atoms with van der Waals surface area (Å²) in [5.41, 5.74) is 3.06. The van der Waals surface area contributed by atoms with E-state index in [4.69, 9.17) is 4.74 Å². The molecule has 5 heteroatoms. The SMILES string of the molecule is O=C(CCc1cnnn1Cc1ccccc1)OCc1ccccc1. The fourth-order valence-electron chi connectivity index (χ4n) is 2.40. The maximum atomic E-state index is 11.9. The van der Waals surface area contributed by atoms with Crippen molar-refractivity contribution in [1.29, 1.82) is 0 Å². The van der Waals surface area contributed by atoms with E-state index in [0.29, 0.717) is 26.0 Å². The third-order valence-corrected chi connectivity index (χ3v) is 3.70. The molecule has 3 rings (SSSR count). The predicted octanol–water partition coefficient (Wildman–Crippen LogP) is 3.00. The van der Waals surface area contributed by atoms with Gasteiger partial charge in [-0.25, -0.2) is 4.68 Å². The number of carbonyl (C=O) groups is 1. The zero-order valence-electron chi connectivity index (χ0n) is 13.3. The van der Waals surface area contributed by atoms with E-state index in [0.717, 1.165) is 16.8 Å². The Hall–Kier alpha value is -2.95. The first kappa shape index (κ1) is 15.9. The summed E-state index contributed by atoms with van der Waals surface area (Å²) in [5.74, 6) is -0.216. The van der Waals surface area contributed by atoms with E-state index in [-0.39, 0.29) is 5.97 Å². The number of aromatic nitrogens is 3. The van der Waals surface area contributed by atoms with E-state index in [2.05, 4.69) is 10.3 Å². The average Bonchev–Trinajstić information content (AvgIpc) is 3.07. The zero-order valence-corrected chi connectivity index (χ0v) is 13.3. The third kappa shape index (κ3) is 4.52. The number of aryl methyl sites for hydroxylation is 1. The van der Waals surface area contributed by atoms with Crippen LogP contribution in [0.4, 0.5) is 0 Å². The number of hydrogen-bond acceptors (Lipinski definition) is 4. The molecule has 0 bridgehead atoms. The van der Waals surface area contributed by atoms with Crippen LogP contribution in [0.5, 0.6) is 0 Å². The van der Waals surface area contributed by atoms with Gasteiger partial charge in [-0.3, -0.25) is 4.79 Å². The van der Waals surface area contributed by atoms with Gasteiger partial charge in [-0.15, -0.1) is 5.10 Å². The molecular formula is C19H19N3O2. The van der Waals surface area contributed by atoms with Gasteiger partial charge in [0.2, 0.25) is 0 Å². The van der Waals surface area contributed by atoms with E-state index in [1.807, 2.05) is 65.3 Å². The second kappa shape index (κ2) is 8.06. The summed E-state index contributed by atoms with van der Waals surface area (Å²) >= 11 is 0. The molecule has 0 aliphatic heterocycles. The van der Waals surface area contributed by atoms with Gasteiger partial charge in [0, 0.05) is 6.42 Å². The van der Waals surface area contributed by atoms with Crippen molar-refractivity contribution >= 4 is 5.97 Å². The smallest absolute Gasteiger partial charge is 0.306 e. The van der Waals surface area contributed by atoms with Crippen LogP contribution >= 0.6 is 0 Å². The molecule has 0 aliphatic rings. The van der Waals surface area contributed by atoms with E-state index < -0.39 is 0 Å². The zero-order chi connectivity index (χ0) is 16.6. The molecule has 3 aromatic rings. The summed E-state index contributed by atoms with van der Waals surface area (Å²) in [6.45, 7) is 0.955. The van der Waals surface area contributed by atoms with Crippen molar-refractivity contribution in [1.82, 2.24) is 15.0 Å². The molecule has 5 nitrogen and oxygen atoms in total. The summed E-state index contributed by atoms with van der Waals surface area (Å²) in [5, 5.41) is 8.05. The van der Waals surface area contributed by atoms with Gasteiger partial charge in [0.05, 0.1) is 24.9 Å². The molecule has 0 amide bonds. The molecule has 2 aromatic carbocycles. The molecule has 0 fully saturated rings. The molecular weight excluding hydrogens is 302 g/mol. The topological polar surface area (TPSA) is 57.0 Å². The van der Waals surface area contributed by atoms with Crippen LogP contribution in [0.15, 0.2) is 66.9 Å². The van der Waals surface area contributed by atoms with E-state index in [9.17, 15) is 4.79 Å². The van der Waals surface area contributed by atoms with Crippen LogP contribution in [-0.2, 0) is 29.1 Å². The van der Waals surface area contributed by atoms with Crippen LogP contribution in [-0.4, -0.2) is 21.0 Å². The molecule has 0 N–H and O–H groups in total. The van der Waals surface area contributed by atoms with E-state index >= 15 is 0 Å². The van der Waals surface area contributed by atoms with E-state index in [1.54, 1.807) is 6.20 Å². The van der Waals surface area contributed by atoms with Crippen LogP contribution in [0, 0.1) is 0 Å². The third-order valence-electron chi connectivity index (χ3n) is 3.70. The number of esters is 1. The average molecular weight is 321 g/mol. The summed E-state index contributed by atoms with van der Waals surface area (Å²) in [6, 6.07) is 19.7. The fraction of sp³-hybridized carbons (Fsp3) is 0.211. The van der Waals surface area contributed by atoms with Crippen LogP contribution in [0.1, 0.15) is 23.2 Å². The Kier molecular flexibility index (Phi) is 5.35. The van der Waals surface area contributed by atoms with Gasteiger partial charge in [-0.2, -0.15) is 0 Å². The number of nitrogens with zero attached hydrogens (tertiary/aromatic N) is 3. The monoisotopic (exact) mass is 321 g/mol. The molecule has 1 heterocycles. The molecule has 0 spiro atoms. The van der Waals surface area contributed by atoms with Crippen LogP contribution in [0.2, 0.25) is 0 Å². The Morgan fingerprint density at radius 2 is 1.62 bits per heavy atom. The Morgan fingerprint density at radius 1 is 0.958 bits per heavy atom. The fourth-order valence-corrected chi connectivity index (χ4v) is 2.40. The molecule has 1 aromatic heterocycles. The van der Waals surface area contributed by atoms with Gasteiger partial charge in [-0.1, -0.05) is 65.9 Å². The number of rotatable bonds is 7. The Morgan fingerprint density at radius 3 is 2.33 bits per heavy atom. The first-order chi connectivity index (χ1) is 11.8. The van der Waals surface area contributed by atoms with Crippen molar-refractivity contribution in [3.05, 3.63) is 83.7 Å². The normalized spacial score (nSPS) is 10.5. The van der Waals surface area contributed by atoms with Crippen molar-refractivity contribution in [3.8, 4) is 0 Å². The second-order valence-electron chi connectivity index (χ2n) is 5.51. The van der Waals surface area contributed by atoms with Crippen molar-refractivity contribution in [2.75, 3.05) is 0 Å². The first-order valence-electron chi connectivity index (χ1n) is 7.92. The van der Waals surface area contributed by atoms with Gasteiger partial charge >= 0.3 is 5.97 Å².